The van der Waals surface area contributed by atoms with E-state index in [-0.39, 0.29) is 69.3 Å². The molecule has 5 aliphatic rings. The molecule has 4 aliphatic heterocycles. The van der Waals surface area contributed by atoms with Crippen molar-refractivity contribution in [3.05, 3.63) is 145 Å². The van der Waals surface area contributed by atoms with Gasteiger partial charge in [-0.3, -0.25) is 4.79 Å². The first-order valence-corrected chi connectivity index (χ1v) is 29.0. The maximum absolute atomic E-state index is 13.7. The number of benzene rings is 2. The normalized spacial score (nSPS) is 39.1. The van der Waals surface area contributed by atoms with Gasteiger partial charge in [-0.05, 0) is 55.4 Å². The number of allylic oxidation sites excluding steroid dienone is 12. The molecule has 2 bridgehead atoms. The molecule has 3 saturated heterocycles. The van der Waals surface area contributed by atoms with Crippen molar-refractivity contribution in [3.63, 3.8) is 0 Å². The number of aliphatic hydroxyl groups is 7. The molecule has 1 aliphatic carbocycles. The van der Waals surface area contributed by atoms with Crippen LogP contribution in [0.5, 0.6) is 0 Å². The van der Waals surface area contributed by atoms with Gasteiger partial charge in [-0.25, -0.2) is 9.59 Å². The second kappa shape index (κ2) is 30.8. The van der Waals surface area contributed by atoms with Crippen LogP contribution in [0.4, 0.5) is 9.59 Å². The summed E-state index contributed by atoms with van der Waals surface area (Å²) in [6.45, 7) is 9.03. The first-order chi connectivity index (χ1) is 39.8. The molecule has 2 aromatic rings. The number of cyclic esters (lactones) is 1. The summed E-state index contributed by atoms with van der Waals surface area (Å²) in [6, 6.07) is 14.5. The van der Waals surface area contributed by atoms with E-state index < -0.39 is 128 Å². The van der Waals surface area contributed by atoms with E-state index >= 15 is 0 Å². The molecule has 0 aromatic heterocycles. The molecule has 7 rings (SSSR count). The van der Waals surface area contributed by atoms with Crippen LogP contribution >= 0.6 is 0 Å². The fourth-order valence-corrected chi connectivity index (χ4v) is 11.5. The van der Waals surface area contributed by atoms with Crippen LogP contribution in [0, 0.1) is 17.8 Å². The summed E-state index contributed by atoms with van der Waals surface area (Å²) in [6.07, 6.45) is 8.78. The highest BCUT2D eigenvalue weighted by atomic mass is 16.7. The van der Waals surface area contributed by atoms with Crippen LogP contribution in [0.2, 0.25) is 0 Å². The lowest BCUT2D eigenvalue weighted by molar-refractivity contribution is -0.305. The monoisotopic (exact) mass is 1150 g/mol. The highest BCUT2D eigenvalue weighted by molar-refractivity contribution is 5.79. The number of nitrogens with one attached hydrogen (secondary N) is 2. The molecule has 83 heavy (non-hydrogen) atoms. The first-order valence-electron chi connectivity index (χ1n) is 29.0. The lowest BCUT2D eigenvalue weighted by Crippen LogP contribution is -2.61. The number of hydrogen-bond donors (Lipinski definition) is 9. The molecule has 2 amide bonds. The number of alkyl carbamates (subject to hydrolysis) is 2. The van der Waals surface area contributed by atoms with Crippen molar-refractivity contribution in [2.45, 2.75) is 189 Å². The molecule has 0 spiro atoms. The molecular formula is C64H86N2O17. The zero-order valence-electron chi connectivity index (χ0n) is 48.2. The van der Waals surface area contributed by atoms with E-state index in [9.17, 15) is 50.1 Å². The van der Waals surface area contributed by atoms with Crippen molar-refractivity contribution < 1.29 is 83.3 Å². The quantitative estimate of drug-likeness (QED) is 0.108. The molecule has 3 fully saturated rings. The maximum Gasteiger partial charge on any atom is 0.407 e. The average molecular weight is 1160 g/mol. The van der Waals surface area contributed by atoms with Gasteiger partial charge in [0.2, 0.25) is 0 Å². The second-order valence-corrected chi connectivity index (χ2v) is 22.7. The van der Waals surface area contributed by atoms with Crippen molar-refractivity contribution in [1.82, 2.24) is 10.6 Å². The summed E-state index contributed by atoms with van der Waals surface area (Å²) in [5.41, 5.74) is 4.29. The van der Waals surface area contributed by atoms with Gasteiger partial charge in [-0.15, -0.1) is 0 Å². The topological polar surface area (TPSA) is 281 Å². The number of hydrogen-bond acceptors (Lipinski definition) is 17. The molecule has 19 atom stereocenters. The highest BCUT2D eigenvalue weighted by Crippen LogP contribution is 2.45. The van der Waals surface area contributed by atoms with E-state index in [2.05, 4.69) is 22.8 Å². The predicted octanol–water partition coefficient (Wildman–Crippen LogP) is 6.64. The van der Waals surface area contributed by atoms with Crippen LogP contribution < -0.4 is 10.6 Å². The van der Waals surface area contributed by atoms with Crippen LogP contribution in [0.25, 0.3) is 11.1 Å². The number of rotatable bonds is 6. The summed E-state index contributed by atoms with van der Waals surface area (Å²) >= 11 is 0. The van der Waals surface area contributed by atoms with Gasteiger partial charge in [0, 0.05) is 56.5 Å². The first kappa shape index (κ1) is 64.7. The number of esters is 1. The van der Waals surface area contributed by atoms with Crippen molar-refractivity contribution in [2.24, 2.45) is 17.8 Å². The van der Waals surface area contributed by atoms with Gasteiger partial charge in [-0.2, -0.15) is 0 Å². The number of carbonyl (C=O) groups is 3. The number of aliphatic hydroxyl groups excluding tert-OH is 7. The summed E-state index contributed by atoms with van der Waals surface area (Å²) in [5.74, 6) is -3.57. The molecule has 5 unspecified atom stereocenters. The molecule has 4 heterocycles. The van der Waals surface area contributed by atoms with E-state index in [0.717, 1.165) is 22.3 Å². The summed E-state index contributed by atoms with van der Waals surface area (Å²) in [7, 11) is 1.38. The zero-order chi connectivity index (χ0) is 59.8. The van der Waals surface area contributed by atoms with Gasteiger partial charge in [0.25, 0.3) is 0 Å². The Morgan fingerprint density at radius 2 is 1.25 bits per heavy atom. The lowest BCUT2D eigenvalue weighted by atomic mass is 9.87. The summed E-state index contributed by atoms with van der Waals surface area (Å²) in [5, 5.41) is 83.7. The van der Waals surface area contributed by atoms with E-state index in [1.807, 2.05) is 118 Å². The van der Waals surface area contributed by atoms with Gasteiger partial charge < -0.3 is 79.5 Å². The van der Waals surface area contributed by atoms with E-state index in [1.165, 1.54) is 7.11 Å². The van der Waals surface area contributed by atoms with Gasteiger partial charge in [0.1, 0.15) is 24.9 Å². The Labute approximate surface area is 487 Å². The lowest BCUT2D eigenvalue weighted by Gasteiger charge is -2.46. The average Bonchev–Trinajstić information content (AvgIpc) is 4.23. The predicted molar refractivity (Wildman–Crippen MR) is 309 cm³/mol. The smallest absolute Gasteiger partial charge is 0.407 e. The molecule has 19 heteroatoms. The fraction of sp³-hybridized carbons (Fsp3) is 0.547. The fourth-order valence-electron chi connectivity index (χ4n) is 11.5. The van der Waals surface area contributed by atoms with Crippen molar-refractivity contribution in [1.29, 1.82) is 0 Å². The number of methoxy groups -OCH3 is 1. The Hall–Kier alpha value is -5.81. The third-order valence-electron chi connectivity index (χ3n) is 16.6. The van der Waals surface area contributed by atoms with Gasteiger partial charge in [-0.1, -0.05) is 154 Å². The van der Waals surface area contributed by atoms with E-state index in [4.69, 9.17) is 33.2 Å². The van der Waals surface area contributed by atoms with Gasteiger partial charge in [0.05, 0.1) is 73.4 Å². The Morgan fingerprint density at radius 1 is 0.651 bits per heavy atom. The SMILES string of the molecule is CO[C@]12C[C@@H](O)C[C@@H](O)[C@H](O)CC[C@@H](O)C[C@@H](O)CC(=O)O[C@@H](C)[C@H](C)[C@H](O)[C@@H](C)/C=C/C=C/C=C/C=C/C=C/C=C/C=C/[C@H](OC3OC(C)C(C)C(NC(=O)OCC4c5ccccc5-c5ccccc54)C3O)C[C@H](O1)[C@@H]1NC(=O)O[C@H]1C2. The van der Waals surface area contributed by atoms with Crippen LogP contribution in [0.15, 0.2) is 134 Å². The van der Waals surface area contributed by atoms with Crippen LogP contribution in [0.1, 0.15) is 103 Å². The number of carbonyl (C=O) groups excluding carboxylic acids is 3. The molecule has 0 saturated carbocycles. The van der Waals surface area contributed by atoms with Crippen molar-refractivity contribution in [2.75, 3.05) is 13.7 Å². The highest BCUT2D eigenvalue weighted by Gasteiger charge is 2.54. The molecule has 2 aromatic carbocycles. The minimum Gasteiger partial charge on any atom is -0.462 e. The third kappa shape index (κ3) is 17.9. The van der Waals surface area contributed by atoms with E-state index in [0.29, 0.717) is 0 Å². The minimum absolute atomic E-state index is 0.0158. The standard InChI is InChI=1S/C64H86N2O17/c1-38-23-17-15-13-11-9-7-8-10-12-14-16-18-24-46(81-61-60(74)57(39(2)41(4)80-61)65-62(75)78-37-51-49-27-21-19-25-47(49)48-26-20-22-28-50(48)51)34-54-58-55(82-63(76)66-58)36-64(77-6,83-54)35-45(69)32-53(71)52(70)30-29-43(67)31-44(68)33-56(72)79-42(5)40(3)59(38)73/h7-28,38-46,51-55,57-61,67-71,73-74H,29-37H2,1-6H3,(H,65,75)(H,66,76)/b8-7+,11-9+,12-10+,15-13+,16-14+,23-17+,24-18+/t38-,39?,40-,41?,42-,43+,44+,45-,46-,52+,53+,54-,55-,57?,58-,59+,60?,61?,64+/m0/s1. The number of fused-ring (bicyclic) bond motifs is 7. The molecular weight excluding hydrogens is 1070 g/mol. The van der Waals surface area contributed by atoms with E-state index in [1.54, 1.807) is 38.2 Å². The van der Waals surface area contributed by atoms with Crippen LogP contribution in [-0.2, 0) is 38.0 Å². The minimum atomic E-state index is -1.59. The summed E-state index contributed by atoms with van der Waals surface area (Å²) in [4.78, 5) is 39.4. The Balaban J connectivity index is 1.08. The van der Waals surface area contributed by atoms with Crippen LogP contribution in [0.3, 0.4) is 0 Å². The second-order valence-electron chi connectivity index (χ2n) is 22.7. The number of amides is 2. The van der Waals surface area contributed by atoms with Gasteiger partial charge in [0.15, 0.2) is 12.1 Å². The Bertz CT molecular complexity index is 2610. The maximum atomic E-state index is 13.7. The Kier molecular flexibility index (Phi) is 24.1. The van der Waals surface area contributed by atoms with Gasteiger partial charge >= 0.3 is 18.2 Å². The zero-order valence-corrected chi connectivity index (χ0v) is 48.2. The van der Waals surface area contributed by atoms with Crippen molar-refractivity contribution in [3.8, 4) is 11.1 Å². The summed E-state index contributed by atoms with van der Waals surface area (Å²) < 4.78 is 42.8. The Morgan fingerprint density at radius 3 is 1.88 bits per heavy atom. The third-order valence-corrected chi connectivity index (χ3v) is 16.6. The molecule has 454 valence electrons. The van der Waals surface area contributed by atoms with Crippen molar-refractivity contribution >= 4 is 18.2 Å². The number of ether oxygens (including phenoxy) is 7. The largest absolute Gasteiger partial charge is 0.462 e. The molecule has 0 radical (unpaired) electrons. The molecule has 19 nitrogen and oxygen atoms in total. The molecule has 9 N–H and O–H groups in total. The van der Waals surface area contributed by atoms with Crippen LogP contribution in [-0.4, -0.2) is 165 Å².